The average molecular weight is 205 g/mol. The molecule has 2 heterocycles. The number of carbonyl (C=O) groups is 1. The van der Waals surface area contributed by atoms with Crippen LogP contribution in [0.4, 0.5) is 0 Å². The highest BCUT2D eigenvalue weighted by molar-refractivity contribution is 7.20. The summed E-state index contributed by atoms with van der Waals surface area (Å²) in [4.78, 5) is 20.4. The predicted molar refractivity (Wildman–Crippen MR) is 56.0 cm³/mol. The minimum absolute atomic E-state index is 0.449. The van der Waals surface area contributed by atoms with E-state index in [1.807, 2.05) is 0 Å². The summed E-state index contributed by atoms with van der Waals surface area (Å²) >= 11 is 1.24. The van der Waals surface area contributed by atoms with Gasteiger partial charge in [-0.3, -0.25) is 4.79 Å². The summed E-state index contributed by atoms with van der Waals surface area (Å²) in [6.07, 6.45) is 3.21. The lowest BCUT2D eigenvalue weighted by Crippen LogP contribution is -2.08. The standard InChI is InChI=1S/C9H7N3OS/c1-2-5-4-11-9-6(12-5)3-7(14-9)8(10)13/h2-4H,1H2,(H2,10,13). The van der Waals surface area contributed by atoms with Crippen LogP contribution in [0.1, 0.15) is 15.4 Å². The highest BCUT2D eigenvalue weighted by Crippen LogP contribution is 2.21. The highest BCUT2D eigenvalue weighted by atomic mass is 32.1. The third-order valence-corrected chi connectivity index (χ3v) is 2.76. The van der Waals surface area contributed by atoms with E-state index in [0.29, 0.717) is 20.9 Å². The summed E-state index contributed by atoms with van der Waals surface area (Å²) in [7, 11) is 0. The zero-order valence-electron chi connectivity index (χ0n) is 7.23. The van der Waals surface area contributed by atoms with Crippen molar-refractivity contribution in [1.82, 2.24) is 9.97 Å². The Kier molecular flexibility index (Phi) is 2.01. The van der Waals surface area contributed by atoms with Crippen molar-refractivity contribution < 1.29 is 4.79 Å². The van der Waals surface area contributed by atoms with Crippen molar-refractivity contribution in [1.29, 1.82) is 0 Å². The van der Waals surface area contributed by atoms with E-state index >= 15 is 0 Å². The van der Waals surface area contributed by atoms with E-state index in [1.54, 1.807) is 18.3 Å². The molecule has 0 aliphatic carbocycles. The zero-order chi connectivity index (χ0) is 10.1. The molecule has 0 fully saturated rings. The number of hydrogen-bond donors (Lipinski definition) is 1. The Hall–Kier alpha value is -1.75. The van der Waals surface area contributed by atoms with Gasteiger partial charge in [-0.05, 0) is 12.1 Å². The first-order valence-corrected chi connectivity index (χ1v) is 4.71. The van der Waals surface area contributed by atoms with Crippen LogP contribution in [-0.4, -0.2) is 15.9 Å². The average Bonchev–Trinajstić information content (AvgIpc) is 2.59. The third kappa shape index (κ3) is 1.38. The van der Waals surface area contributed by atoms with E-state index in [2.05, 4.69) is 16.5 Å². The first-order chi connectivity index (χ1) is 6.70. The summed E-state index contributed by atoms with van der Waals surface area (Å²) < 4.78 is 0. The van der Waals surface area contributed by atoms with Crippen molar-refractivity contribution in [3.05, 3.63) is 29.4 Å². The number of nitrogens with zero attached hydrogens (tertiary/aromatic N) is 2. The van der Waals surface area contributed by atoms with Crippen LogP contribution in [0.3, 0.4) is 0 Å². The number of carbonyl (C=O) groups excluding carboxylic acids is 1. The molecule has 2 rings (SSSR count). The van der Waals surface area contributed by atoms with E-state index in [9.17, 15) is 4.79 Å². The lowest BCUT2D eigenvalue weighted by Gasteiger charge is -1.89. The molecule has 2 aromatic rings. The van der Waals surface area contributed by atoms with Gasteiger partial charge in [0.25, 0.3) is 5.91 Å². The topological polar surface area (TPSA) is 68.9 Å². The van der Waals surface area contributed by atoms with E-state index < -0.39 is 5.91 Å². The molecule has 0 saturated heterocycles. The van der Waals surface area contributed by atoms with Crippen LogP contribution in [0.25, 0.3) is 16.4 Å². The fraction of sp³-hybridized carbons (Fsp3) is 0. The number of amides is 1. The quantitative estimate of drug-likeness (QED) is 0.806. The number of nitrogens with two attached hydrogens (primary N) is 1. The van der Waals surface area contributed by atoms with E-state index in [-0.39, 0.29) is 0 Å². The Labute approximate surface area is 84.1 Å². The van der Waals surface area contributed by atoms with Gasteiger partial charge in [0.05, 0.1) is 16.8 Å². The van der Waals surface area contributed by atoms with E-state index in [1.165, 1.54) is 11.3 Å². The van der Waals surface area contributed by atoms with Crippen LogP contribution in [0.2, 0.25) is 0 Å². The third-order valence-electron chi connectivity index (χ3n) is 1.71. The summed E-state index contributed by atoms with van der Waals surface area (Å²) in [5.74, 6) is -0.449. The molecule has 0 aliphatic rings. The van der Waals surface area contributed by atoms with Crippen LogP contribution in [0.5, 0.6) is 0 Å². The van der Waals surface area contributed by atoms with Gasteiger partial charge in [-0.15, -0.1) is 11.3 Å². The van der Waals surface area contributed by atoms with Gasteiger partial charge in [-0.2, -0.15) is 0 Å². The maximum atomic E-state index is 10.9. The second-order valence-corrected chi connectivity index (χ2v) is 3.69. The molecule has 2 N–H and O–H groups in total. The first-order valence-electron chi connectivity index (χ1n) is 3.89. The predicted octanol–water partition coefficient (Wildman–Crippen LogP) is 1.43. The normalized spacial score (nSPS) is 10.3. The molecule has 0 spiro atoms. The van der Waals surface area contributed by atoms with Crippen molar-refractivity contribution in [3.63, 3.8) is 0 Å². The van der Waals surface area contributed by atoms with E-state index in [4.69, 9.17) is 5.73 Å². The molecule has 4 nitrogen and oxygen atoms in total. The van der Waals surface area contributed by atoms with Gasteiger partial charge in [0.15, 0.2) is 0 Å². The van der Waals surface area contributed by atoms with Crippen molar-refractivity contribution in [2.24, 2.45) is 5.73 Å². The zero-order valence-corrected chi connectivity index (χ0v) is 8.04. The molecule has 70 valence electrons. The number of hydrogen-bond acceptors (Lipinski definition) is 4. The Morgan fingerprint density at radius 3 is 3.07 bits per heavy atom. The van der Waals surface area contributed by atoms with Crippen LogP contribution >= 0.6 is 11.3 Å². The van der Waals surface area contributed by atoms with Gasteiger partial charge in [0.2, 0.25) is 0 Å². The van der Waals surface area contributed by atoms with Crippen LogP contribution < -0.4 is 5.73 Å². The number of primary amides is 1. The molecule has 5 heteroatoms. The molecule has 0 saturated carbocycles. The summed E-state index contributed by atoms with van der Waals surface area (Å²) in [5.41, 5.74) is 6.51. The second kappa shape index (κ2) is 3.19. The molecular weight excluding hydrogens is 198 g/mol. The fourth-order valence-electron chi connectivity index (χ4n) is 1.06. The summed E-state index contributed by atoms with van der Waals surface area (Å²) in [5, 5.41) is 0. The van der Waals surface area contributed by atoms with Crippen molar-refractivity contribution >= 4 is 33.7 Å². The molecule has 2 aromatic heterocycles. The molecular formula is C9H7N3OS. The van der Waals surface area contributed by atoms with E-state index in [0.717, 1.165) is 0 Å². The fourth-order valence-corrected chi connectivity index (χ4v) is 1.85. The Morgan fingerprint density at radius 1 is 1.64 bits per heavy atom. The number of rotatable bonds is 2. The maximum absolute atomic E-state index is 10.9. The molecule has 0 radical (unpaired) electrons. The van der Waals surface area contributed by atoms with Gasteiger partial charge < -0.3 is 5.73 Å². The lowest BCUT2D eigenvalue weighted by atomic mass is 10.4. The molecule has 14 heavy (non-hydrogen) atoms. The molecule has 0 aliphatic heterocycles. The van der Waals surface area contributed by atoms with Crippen LogP contribution in [0.15, 0.2) is 18.8 Å². The highest BCUT2D eigenvalue weighted by Gasteiger charge is 2.08. The first kappa shape index (κ1) is 8.83. The molecule has 0 unspecified atom stereocenters. The summed E-state index contributed by atoms with van der Waals surface area (Å²) in [6.45, 7) is 3.59. The van der Waals surface area contributed by atoms with Crippen molar-refractivity contribution in [3.8, 4) is 0 Å². The number of thiophene rings is 1. The largest absolute Gasteiger partial charge is 0.365 e. The van der Waals surface area contributed by atoms with Gasteiger partial charge in [-0.1, -0.05) is 6.58 Å². The monoisotopic (exact) mass is 205 g/mol. The number of aromatic nitrogens is 2. The molecule has 1 amide bonds. The lowest BCUT2D eigenvalue weighted by molar-refractivity contribution is 0.100. The minimum atomic E-state index is -0.449. The van der Waals surface area contributed by atoms with Crippen molar-refractivity contribution in [2.75, 3.05) is 0 Å². The van der Waals surface area contributed by atoms with Crippen LogP contribution in [-0.2, 0) is 0 Å². The van der Waals surface area contributed by atoms with Gasteiger partial charge in [-0.25, -0.2) is 9.97 Å². The molecule has 0 atom stereocenters. The Bertz CT molecular complexity index is 518. The second-order valence-electron chi connectivity index (χ2n) is 2.66. The Morgan fingerprint density at radius 2 is 2.43 bits per heavy atom. The smallest absolute Gasteiger partial charge is 0.258 e. The molecule has 0 bridgehead atoms. The van der Waals surface area contributed by atoms with Crippen molar-refractivity contribution in [2.45, 2.75) is 0 Å². The SMILES string of the molecule is C=Cc1cnc2sc(C(N)=O)cc2n1. The van der Waals surface area contributed by atoms with Crippen LogP contribution in [0, 0.1) is 0 Å². The maximum Gasteiger partial charge on any atom is 0.258 e. The van der Waals surface area contributed by atoms with Gasteiger partial charge in [0.1, 0.15) is 10.3 Å². The Balaban J connectivity index is 2.65. The summed E-state index contributed by atoms with van der Waals surface area (Å²) in [6, 6.07) is 1.64. The molecule has 0 aromatic carbocycles. The van der Waals surface area contributed by atoms with Gasteiger partial charge >= 0.3 is 0 Å². The minimum Gasteiger partial charge on any atom is -0.365 e. The van der Waals surface area contributed by atoms with Gasteiger partial charge in [0, 0.05) is 0 Å². The number of fused-ring (bicyclic) bond motifs is 1.